The van der Waals surface area contributed by atoms with Gasteiger partial charge in [0.2, 0.25) is 0 Å². The van der Waals surface area contributed by atoms with E-state index < -0.39 is 0 Å². The number of hydrogen-bond donors (Lipinski definition) is 1. The van der Waals surface area contributed by atoms with Crippen molar-refractivity contribution in [1.82, 2.24) is 5.43 Å². The SMILES string of the molecule is CN(C)c1ccccc1C(=O)NN=Cc1ccc(-c2ccccc2)cc1. The summed E-state index contributed by atoms with van der Waals surface area (Å²) in [5, 5.41) is 4.08. The molecule has 0 aromatic heterocycles. The normalized spacial score (nSPS) is 10.7. The van der Waals surface area contributed by atoms with Gasteiger partial charge in [0.1, 0.15) is 0 Å². The van der Waals surface area contributed by atoms with Gasteiger partial charge in [0.25, 0.3) is 5.91 Å². The van der Waals surface area contributed by atoms with E-state index in [0.717, 1.165) is 16.8 Å². The van der Waals surface area contributed by atoms with Crippen molar-refractivity contribution >= 4 is 17.8 Å². The zero-order chi connectivity index (χ0) is 18.4. The minimum atomic E-state index is -0.230. The lowest BCUT2D eigenvalue weighted by Crippen LogP contribution is -2.21. The average Bonchev–Trinajstić information content (AvgIpc) is 2.69. The molecule has 26 heavy (non-hydrogen) atoms. The van der Waals surface area contributed by atoms with E-state index in [2.05, 4.69) is 22.7 Å². The molecule has 0 aliphatic rings. The largest absolute Gasteiger partial charge is 0.377 e. The fourth-order valence-corrected chi connectivity index (χ4v) is 2.67. The van der Waals surface area contributed by atoms with Crippen molar-refractivity contribution in [3.8, 4) is 11.1 Å². The van der Waals surface area contributed by atoms with Crippen LogP contribution in [0.1, 0.15) is 15.9 Å². The van der Waals surface area contributed by atoms with Crippen LogP contribution in [-0.2, 0) is 0 Å². The van der Waals surface area contributed by atoms with E-state index in [-0.39, 0.29) is 5.91 Å². The molecule has 4 heteroatoms. The lowest BCUT2D eigenvalue weighted by atomic mass is 10.0. The second-order valence-corrected chi connectivity index (χ2v) is 6.10. The van der Waals surface area contributed by atoms with Crippen molar-refractivity contribution in [2.45, 2.75) is 0 Å². The number of nitrogens with one attached hydrogen (secondary N) is 1. The Hall–Kier alpha value is -3.40. The van der Waals surface area contributed by atoms with Gasteiger partial charge in [-0.25, -0.2) is 5.43 Å². The molecule has 3 aromatic carbocycles. The van der Waals surface area contributed by atoms with Crippen LogP contribution in [-0.4, -0.2) is 26.2 Å². The van der Waals surface area contributed by atoms with Crippen LogP contribution in [0, 0.1) is 0 Å². The average molecular weight is 343 g/mol. The van der Waals surface area contributed by atoms with Gasteiger partial charge in [-0.05, 0) is 28.8 Å². The highest BCUT2D eigenvalue weighted by atomic mass is 16.2. The number of hydrazone groups is 1. The van der Waals surface area contributed by atoms with Crippen LogP contribution >= 0.6 is 0 Å². The molecule has 3 rings (SSSR count). The summed E-state index contributed by atoms with van der Waals surface area (Å²) in [7, 11) is 3.81. The van der Waals surface area contributed by atoms with Crippen molar-refractivity contribution < 1.29 is 4.79 Å². The van der Waals surface area contributed by atoms with Gasteiger partial charge in [0.15, 0.2) is 0 Å². The van der Waals surface area contributed by atoms with Crippen LogP contribution in [0.15, 0.2) is 84.0 Å². The first-order valence-electron chi connectivity index (χ1n) is 8.40. The quantitative estimate of drug-likeness (QED) is 0.558. The summed E-state index contributed by atoms with van der Waals surface area (Å²) in [6.07, 6.45) is 1.64. The Kier molecular flexibility index (Phi) is 5.44. The molecule has 0 aliphatic heterocycles. The number of hydrogen-bond acceptors (Lipinski definition) is 3. The molecule has 0 spiro atoms. The molecule has 0 saturated carbocycles. The molecule has 0 saturated heterocycles. The zero-order valence-electron chi connectivity index (χ0n) is 14.9. The smallest absolute Gasteiger partial charge is 0.273 e. The topological polar surface area (TPSA) is 44.7 Å². The summed E-state index contributed by atoms with van der Waals surface area (Å²) in [6.45, 7) is 0. The van der Waals surface area contributed by atoms with Gasteiger partial charge < -0.3 is 4.90 Å². The van der Waals surface area contributed by atoms with E-state index >= 15 is 0 Å². The van der Waals surface area contributed by atoms with Crippen molar-refractivity contribution in [1.29, 1.82) is 0 Å². The summed E-state index contributed by atoms with van der Waals surface area (Å²) in [6, 6.07) is 25.7. The molecule has 0 aliphatic carbocycles. The summed E-state index contributed by atoms with van der Waals surface area (Å²) in [4.78, 5) is 14.3. The van der Waals surface area contributed by atoms with E-state index in [1.807, 2.05) is 79.7 Å². The number of carbonyl (C=O) groups is 1. The first-order valence-corrected chi connectivity index (χ1v) is 8.40. The summed E-state index contributed by atoms with van der Waals surface area (Å²) >= 11 is 0. The maximum atomic E-state index is 12.3. The van der Waals surface area contributed by atoms with Crippen molar-refractivity contribution in [2.75, 3.05) is 19.0 Å². The number of carbonyl (C=O) groups excluding carboxylic acids is 1. The first kappa shape index (κ1) is 17.4. The van der Waals surface area contributed by atoms with E-state index in [1.165, 1.54) is 5.56 Å². The predicted molar refractivity (Wildman–Crippen MR) is 108 cm³/mol. The molecule has 130 valence electrons. The molecular formula is C22H21N3O. The molecule has 0 unspecified atom stereocenters. The van der Waals surface area contributed by atoms with Gasteiger partial charge in [-0.2, -0.15) is 5.10 Å². The van der Waals surface area contributed by atoms with E-state index in [4.69, 9.17) is 0 Å². The molecule has 0 heterocycles. The fraction of sp³-hybridized carbons (Fsp3) is 0.0909. The van der Waals surface area contributed by atoms with Crippen LogP contribution in [0.25, 0.3) is 11.1 Å². The maximum Gasteiger partial charge on any atom is 0.273 e. The molecule has 0 atom stereocenters. The predicted octanol–water partition coefficient (Wildman–Crippen LogP) is 4.18. The van der Waals surface area contributed by atoms with Crippen molar-refractivity contribution in [2.24, 2.45) is 5.10 Å². The summed E-state index contributed by atoms with van der Waals surface area (Å²) < 4.78 is 0. The van der Waals surface area contributed by atoms with Crippen LogP contribution < -0.4 is 10.3 Å². The highest BCUT2D eigenvalue weighted by Gasteiger charge is 2.11. The monoisotopic (exact) mass is 343 g/mol. The lowest BCUT2D eigenvalue weighted by molar-refractivity contribution is 0.0955. The van der Waals surface area contributed by atoms with Gasteiger partial charge in [0.05, 0.1) is 11.8 Å². The van der Waals surface area contributed by atoms with Gasteiger partial charge >= 0.3 is 0 Å². The van der Waals surface area contributed by atoms with Gasteiger partial charge in [-0.3, -0.25) is 4.79 Å². The molecule has 4 nitrogen and oxygen atoms in total. The standard InChI is InChI=1S/C22H21N3O/c1-25(2)21-11-7-6-10-20(21)22(26)24-23-16-17-12-14-19(15-13-17)18-8-4-3-5-9-18/h3-16H,1-2H3,(H,24,26). The Bertz CT molecular complexity index is 900. The highest BCUT2D eigenvalue weighted by Crippen LogP contribution is 2.19. The Labute approximate surface area is 153 Å². The fourth-order valence-electron chi connectivity index (χ4n) is 2.67. The molecule has 0 radical (unpaired) electrons. The number of nitrogens with zero attached hydrogens (tertiary/aromatic N) is 2. The molecule has 1 N–H and O–H groups in total. The Morgan fingerprint density at radius 3 is 2.15 bits per heavy atom. The van der Waals surface area contributed by atoms with Gasteiger partial charge in [0, 0.05) is 19.8 Å². The zero-order valence-corrected chi connectivity index (χ0v) is 14.9. The van der Waals surface area contributed by atoms with Crippen molar-refractivity contribution in [3.05, 3.63) is 90.0 Å². The lowest BCUT2D eigenvalue weighted by Gasteiger charge is -2.15. The van der Waals surface area contributed by atoms with Crippen LogP contribution in [0.4, 0.5) is 5.69 Å². The molecule has 1 amide bonds. The molecular weight excluding hydrogens is 322 g/mol. The Morgan fingerprint density at radius 2 is 1.46 bits per heavy atom. The van der Waals surface area contributed by atoms with E-state index in [9.17, 15) is 4.79 Å². The van der Waals surface area contributed by atoms with E-state index in [1.54, 1.807) is 12.3 Å². The summed E-state index contributed by atoms with van der Waals surface area (Å²) in [5.74, 6) is -0.230. The first-order chi connectivity index (χ1) is 12.6. The number of amides is 1. The third-order valence-corrected chi connectivity index (χ3v) is 4.03. The van der Waals surface area contributed by atoms with Crippen LogP contribution in [0.2, 0.25) is 0 Å². The minimum Gasteiger partial charge on any atom is -0.377 e. The third-order valence-electron chi connectivity index (χ3n) is 4.03. The molecule has 3 aromatic rings. The van der Waals surface area contributed by atoms with Crippen LogP contribution in [0.5, 0.6) is 0 Å². The number of para-hydroxylation sites is 1. The Balaban J connectivity index is 1.67. The number of anilines is 1. The van der Waals surface area contributed by atoms with Gasteiger partial charge in [-0.15, -0.1) is 0 Å². The third kappa shape index (κ3) is 4.16. The summed E-state index contributed by atoms with van der Waals surface area (Å²) in [5.41, 5.74) is 7.28. The number of benzene rings is 3. The molecule has 0 bridgehead atoms. The highest BCUT2D eigenvalue weighted by molar-refractivity contribution is 6.00. The second kappa shape index (κ2) is 8.12. The van der Waals surface area contributed by atoms with Crippen LogP contribution in [0.3, 0.4) is 0 Å². The minimum absolute atomic E-state index is 0.230. The molecule has 0 fully saturated rings. The Morgan fingerprint density at radius 1 is 0.846 bits per heavy atom. The maximum absolute atomic E-state index is 12.3. The van der Waals surface area contributed by atoms with E-state index in [0.29, 0.717) is 5.56 Å². The second-order valence-electron chi connectivity index (χ2n) is 6.10. The van der Waals surface area contributed by atoms with Gasteiger partial charge in [-0.1, -0.05) is 66.7 Å². The van der Waals surface area contributed by atoms with Crippen molar-refractivity contribution in [3.63, 3.8) is 0 Å². The number of rotatable bonds is 5.